The number of nitrogens with zero attached hydrogens (tertiary/aromatic N) is 6. The van der Waals surface area contributed by atoms with E-state index in [1.165, 1.54) is 11.3 Å². The standard InChI is InChI=1S/C23H23ClN6/c24-19-8-9-21(25-16-19)29-11-4-7-20(29)17-28-12-10-22-26-27-23(30(22)14-13-28)15-18-5-2-1-3-6-18/h1-9,11,16H,10,12-15,17H2. The Kier molecular flexibility index (Phi) is 5.34. The number of benzene rings is 1. The molecule has 1 aliphatic heterocycles. The van der Waals surface area contributed by atoms with Crippen molar-refractivity contribution in [3.63, 3.8) is 0 Å². The molecule has 152 valence electrons. The van der Waals surface area contributed by atoms with Crippen LogP contribution in [0.1, 0.15) is 22.9 Å². The number of hydrogen-bond acceptors (Lipinski definition) is 4. The highest BCUT2D eigenvalue weighted by molar-refractivity contribution is 6.30. The molecule has 0 saturated heterocycles. The van der Waals surface area contributed by atoms with Crippen LogP contribution in [-0.4, -0.2) is 42.3 Å². The predicted octanol–water partition coefficient (Wildman–Crippen LogP) is 3.77. The second-order valence-corrected chi connectivity index (χ2v) is 8.01. The zero-order chi connectivity index (χ0) is 20.3. The molecular weight excluding hydrogens is 396 g/mol. The average Bonchev–Trinajstić information content (AvgIpc) is 3.32. The molecule has 3 aromatic heterocycles. The fourth-order valence-electron chi connectivity index (χ4n) is 4.00. The maximum atomic E-state index is 5.99. The predicted molar refractivity (Wildman–Crippen MR) is 117 cm³/mol. The van der Waals surface area contributed by atoms with Crippen LogP contribution in [0.5, 0.6) is 0 Å². The van der Waals surface area contributed by atoms with Crippen molar-refractivity contribution in [3.8, 4) is 5.82 Å². The Morgan fingerprint density at radius 1 is 0.900 bits per heavy atom. The fraction of sp³-hybridized carbons (Fsp3) is 0.261. The summed E-state index contributed by atoms with van der Waals surface area (Å²) in [6.07, 6.45) is 5.46. The van der Waals surface area contributed by atoms with E-state index in [0.717, 1.165) is 56.5 Å². The summed E-state index contributed by atoms with van der Waals surface area (Å²) in [6.45, 7) is 3.70. The summed E-state index contributed by atoms with van der Waals surface area (Å²) in [4.78, 5) is 6.93. The number of pyridine rings is 1. The molecule has 1 aliphatic rings. The lowest BCUT2D eigenvalue weighted by atomic mass is 10.1. The topological polar surface area (TPSA) is 51.8 Å². The van der Waals surface area contributed by atoms with Crippen LogP contribution in [0.2, 0.25) is 5.02 Å². The Morgan fingerprint density at radius 2 is 1.80 bits per heavy atom. The van der Waals surface area contributed by atoms with Crippen LogP contribution in [0.15, 0.2) is 67.0 Å². The third-order valence-corrected chi connectivity index (χ3v) is 5.80. The van der Waals surface area contributed by atoms with E-state index >= 15 is 0 Å². The second-order valence-electron chi connectivity index (χ2n) is 7.58. The van der Waals surface area contributed by atoms with E-state index in [1.54, 1.807) is 6.20 Å². The molecular formula is C23H23ClN6. The van der Waals surface area contributed by atoms with E-state index in [0.29, 0.717) is 5.02 Å². The highest BCUT2D eigenvalue weighted by Crippen LogP contribution is 2.18. The minimum atomic E-state index is 0.648. The lowest BCUT2D eigenvalue weighted by Crippen LogP contribution is -2.27. The number of halogens is 1. The monoisotopic (exact) mass is 418 g/mol. The summed E-state index contributed by atoms with van der Waals surface area (Å²) in [5.41, 5.74) is 2.48. The van der Waals surface area contributed by atoms with Gasteiger partial charge in [-0.05, 0) is 29.8 Å². The number of rotatable bonds is 5. The van der Waals surface area contributed by atoms with Gasteiger partial charge in [0, 0.05) is 57.1 Å². The first-order chi connectivity index (χ1) is 14.8. The van der Waals surface area contributed by atoms with Gasteiger partial charge in [-0.25, -0.2) is 4.98 Å². The van der Waals surface area contributed by atoms with Gasteiger partial charge in [0.15, 0.2) is 0 Å². The third kappa shape index (κ3) is 4.01. The largest absolute Gasteiger partial charge is 0.313 e. The van der Waals surface area contributed by atoms with Crippen LogP contribution < -0.4 is 0 Å². The van der Waals surface area contributed by atoms with Gasteiger partial charge in [0.1, 0.15) is 17.5 Å². The van der Waals surface area contributed by atoms with Gasteiger partial charge in [-0.2, -0.15) is 0 Å². The maximum absolute atomic E-state index is 5.99. The van der Waals surface area contributed by atoms with Crippen LogP contribution in [0.25, 0.3) is 5.82 Å². The van der Waals surface area contributed by atoms with Gasteiger partial charge in [0.2, 0.25) is 0 Å². The van der Waals surface area contributed by atoms with Crippen molar-refractivity contribution in [1.29, 1.82) is 0 Å². The van der Waals surface area contributed by atoms with Crippen LogP contribution in [-0.2, 0) is 25.9 Å². The van der Waals surface area contributed by atoms with Crippen molar-refractivity contribution < 1.29 is 0 Å². The molecule has 0 aliphatic carbocycles. The van der Waals surface area contributed by atoms with E-state index in [1.807, 2.05) is 18.2 Å². The SMILES string of the molecule is Clc1ccc(-n2cccc2CN2CCc3nnc(Cc4ccccc4)n3CC2)nc1. The second kappa shape index (κ2) is 8.42. The molecule has 7 heteroatoms. The summed E-state index contributed by atoms with van der Waals surface area (Å²) in [6, 6.07) is 18.5. The van der Waals surface area contributed by atoms with Crippen LogP contribution in [0, 0.1) is 0 Å². The third-order valence-electron chi connectivity index (χ3n) is 5.58. The van der Waals surface area contributed by atoms with Crippen molar-refractivity contribution in [2.45, 2.75) is 25.9 Å². The molecule has 4 aromatic rings. The summed E-state index contributed by atoms with van der Waals surface area (Å²) >= 11 is 5.99. The lowest BCUT2D eigenvalue weighted by molar-refractivity contribution is 0.266. The van der Waals surface area contributed by atoms with Crippen molar-refractivity contribution in [3.05, 3.63) is 94.9 Å². The molecule has 0 amide bonds. The van der Waals surface area contributed by atoms with Crippen molar-refractivity contribution >= 4 is 11.6 Å². The van der Waals surface area contributed by atoms with Crippen LogP contribution in [0.4, 0.5) is 0 Å². The fourth-order valence-corrected chi connectivity index (χ4v) is 4.11. The molecule has 1 aromatic carbocycles. The van der Waals surface area contributed by atoms with Gasteiger partial charge in [-0.3, -0.25) is 4.90 Å². The Labute approximate surface area is 180 Å². The van der Waals surface area contributed by atoms with E-state index < -0.39 is 0 Å². The van der Waals surface area contributed by atoms with Gasteiger partial charge in [0.25, 0.3) is 0 Å². The van der Waals surface area contributed by atoms with Crippen molar-refractivity contribution in [1.82, 2.24) is 29.2 Å². The van der Waals surface area contributed by atoms with Crippen LogP contribution in [0.3, 0.4) is 0 Å². The molecule has 6 nitrogen and oxygen atoms in total. The van der Waals surface area contributed by atoms with Crippen LogP contribution >= 0.6 is 11.6 Å². The van der Waals surface area contributed by atoms with Crippen molar-refractivity contribution in [2.24, 2.45) is 0 Å². The maximum Gasteiger partial charge on any atom is 0.137 e. The average molecular weight is 419 g/mol. The molecule has 0 saturated carbocycles. The molecule has 0 bridgehead atoms. The normalized spacial score (nSPS) is 14.4. The van der Waals surface area contributed by atoms with E-state index in [4.69, 9.17) is 11.6 Å². The first-order valence-corrected chi connectivity index (χ1v) is 10.6. The molecule has 4 heterocycles. The summed E-state index contributed by atoms with van der Waals surface area (Å²) in [5.74, 6) is 3.02. The lowest BCUT2D eigenvalue weighted by Gasteiger charge is -2.20. The zero-order valence-corrected chi connectivity index (χ0v) is 17.4. The quantitative estimate of drug-likeness (QED) is 0.495. The minimum Gasteiger partial charge on any atom is -0.313 e. The van der Waals surface area contributed by atoms with Gasteiger partial charge in [-0.15, -0.1) is 10.2 Å². The Balaban J connectivity index is 1.29. The first kappa shape index (κ1) is 19.0. The summed E-state index contributed by atoms with van der Waals surface area (Å²) in [5, 5.41) is 9.59. The van der Waals surface area contributed by atoms with E-state index in [9.17, 15) is 0 Å². The molecule has 0 unspecified atom stereocenters. The summed E-state index contributed by atoms with van der Waals surface area (Å²) < 4.78 is 4.43. The van der Waals surface area contributed by atoms with Gasteiger partial charge in [0.05, 0.1) is 5.02 Å². The zero-order valence-electron chi connectivity index (χ0n) is 16.7. The molecule has 0 atom stereocenters. The highest BCUT2D eigenvalue weighted by atomic mass is 35.5. The number of fused-ring (bicyclic) bond motifs is 1. The smallest absolute Gasteiger partial charge is 0.137 e. The number of hydrogen-bond donors (Lipinski definition) is 0. The molecule has 0 radical (unpaired) electrons. The molecule has 30 heavy (non-hydrogen) atoms. The number of aromatic nitrogens is 5. The van der Waals surface area contributed by atoms with Gasteiger partial charge >= 0.3 is 0 Å². The molecule has 0 N–H and O–H groups in total. The summed E-state index contributed by atoms with van der Waals surface area (Å²) in [7, 11) is 0. The van der Waals surface area contributed by atoms with E-state index in [-0.39, 0.29) is 0 Å². The molecule has 0 spiro atoms. The minimum absolute atomic E-state index is 0.648. The Bertz CT molecular complexity index is 1120. The molecule has 5 rings (SSSR count). The van der Waals surface area contributed by atoms with Gasteiger partial charge in [-0.1, -0.05) is 41.9 Å². The van der Waals surface area contributed by atoms with Crippen molar-refractivity contribution in [2.75, 3.05) is 13.1 Å². The molecule has 0 fully saturated rings. The Morgan fingerprint density at radius 3 is 2.63 bits per heavy atom. The first-order valence-electron chi connectivity index (χ1n) is 10.2. The van der Waals surface area contributed by atoms with E-state index in [2.05, 4.69) is 71.8 Å². The van der Waals surface area contributed by atoms with Gasteiger partial charge < -0.3 is 9.13 Å². The Hall–Kier alpha value is -2.96. The highest BCUT2D eigenvalue weighted by Gasteiger charge is 2.20.